The van der Waals surface area contributed by atoms with E-state index in [4.69, 9.17) is 5.73 Å². The number of unbranched alkanes of at least 4 members (excludes halogenated alkanes) is 1. The zero-order chi connectivity index (χ0) is 15.9. The van der Waals surface area contributed by atoms with Crippen LogP contribution in [0, 0.1) is 6.92 Å². The fourth-order valence-electron chi connectivity index (χ4n) is 2.72. The Morgan fingerprint density at radius 2 is 1.82 bits per heavy atom. The summed E-state index contributed by atoms with van der Waals surface area (Å²) < 4.78 is 0. The Bertz CT molecular complexity index is 578. The fourth-order valence-corrected chi connectivity index (χ4v) is 2.72. The zero-order valence-corrected chi connectivity index (χ0v) is 14.0. The second kappa shape index (κ2) is 8.00. The van der Waals surface area contributed by atoms with Gasteiger partial charge in [0, 0.05) is 18.3 Å². The molecule has 2 rings (SSSR count). The van der Waals surface area contributed by atoms with Crippen molar-refractivity contribution >= 4 is 5.69 Å². The molecule has 118 valence electrons. The Morgan fingerprint density at radius 1 is 1.09 bits per heavy atom. The van der Waals surface area contributed by atoms with Crippen LogP contribution < -0.4 is 5.73 Å². The summed E-state index contributed by atoms with van der Waals surface area (Å²) >= 11 is 0. The Morgan fingerprint density at radius 3 is 2.45 bits per heavy atom. The number of aryl methyl sites for hydroxylation is 1. The summed E-state index contributed by atoms with van der Waals surface area (Å²) in [6.07, 6.45) is 2.44. The van der Waals surface area contributed by atoms with Crippen LogP contribution in [0.5, 0.6) is 0 Å². The van der Waals surface area contributed by atoms with Gasteiger partial charge < -0.3 is 5.73 Å². The maximum absolute atomic E-state index is 6.09. The molecular formula is C20H28N2. The van der Waals surface area contributed by atoms with Gasteiger partial charge in [0.2, 0.25) is 0 Å². The quantitative estimate of drug-likeness (QED) is 0.733. The minimum atomic E-state index is 0.370. The van der Waals surface area contributed by atoms with Gasteiger partial charge in [-0.15, -0.1) is 0 Å². The number of benzene rings is 2. The lowest BCUT2D eigenvalue weighted by Gasteiger charge is -2.30. The van der Waals surface area contributed by atoms with E-state index < -0.39 is 0 Å². The molecule has 1 atom stereocenters. The molecule has 0 spiro atoms. The highest BCUT2D eigenvalue weighted by molar-refractivity contribution is 5.49. The van der Waals surface area contributed by atoms with Gasteiger partial charge in [-0.2, -0.15) is 0 Å². The topological polar surface area (TPSA) is 29.3 Å². The minimum Gasteiger partial charge on any atom is -0.399 e. The number of hydrogen-bond donors (Lipinski definition) is 1. The van der Waals surface area contributed by atoms with Crippen molar-refractivity contribution in [3.05, 3.63) is 65.2 Å². The summed E-state index contributed by atoms with van der Waals surface area (Å²) in [4.78, 5) is 2.54. The third-order valence-corrected chi connectivity index (χ3v) is 4.36. The van der Waals surface area contributed by atoms with Crippen LogP contribution in [0.2, 0.25) is 0 Å². The van der Waals surface area contributed by atoms with Crippen LogP contribution in [0.1, 0.15) is 49.4 Å². The molecule has 0 fully saturated rings. The van der Waals surface area contributed by atoms with Gasteiger partial charge in [-0.05, 0) is 49.6 Å². The molecule has 0 bridgehead atoms. The van der Waals surface area contributed by atoms with Gasteiger partial charge in [-0.1, -0.05) is 55.8 Å². The molecule has 0 radical (unpaired) electrons. The Balaban J connectivity index is 2.17. The van der Waals surface area contributed by atoms with Crippen molar-refractivity contribution in [2.45, 2.75) is 46.2 Å². The molecule has 2 aromatic carbocycles. The third kappa shape index (κ3) is 4.35. The number of rotatable bonds is 7. The lowest BCUT2D eigenvalue weighted by molar-refractivity contribution is 0.198. The first-order valence-electron chi connectivity index (χ1n) is 8.25. The van der Waals surface area contributed by atoms with Crippen molar-refractivity contribution < 1.29 is 0 Å². The van der Waals surface area contributed by atoms with Gasteiger partial charge >= 0.3 is 0 Å². The van der Waals surface area contributed by atoms with E-state index in [9.17, 15) is 0 Å². The monoisotopic (exact) mass is 296 g/mol. The Kier molecular flexibility index (Phi) is 6.02. The zero-order valence-electron chi connectivity index (χ0n) is 14.0. The first-order valence-corrected chi connectivity index (χ1v) is 8.25. The molecule has 0 saturated carbocycles. The molecule has 0 heterocycles. The normalized spacial score (nSPS) is 12.5. The van der Waals surface area contributed by atoms with E-state index in [-0.39, 0.29) is 0 Å². The number of nitrogens with two attached hydrogens (primary N) is 1. The lowest BCUT2D eigenvalue weighted by atomic mass is 10.0. The third-order valence-electron chi connectivity index (χ3n) is 4.36. The van der Waals surface area contributed by atoms with E-state index >= 15 is 0 Å². The molecular weight excluding hydrogens is 268 g/mol. The molecule has 2 heteroatoms. The molecule has 0 aliphatic heterocycles. The molecule has 1 unspecified atom stereocenters. The van der Waals surface area contributed by atoms with Crippen molar-refractivity contribution in [3.8, 4) is 0 Å². The maximum Gasteiger partial charge on any atom is 0.0347 e. The van der Waals surface area contributed by atoms with E-state index in [0.717, 1.165) is 24.3 Å². The number of nitrogens with zero attached hydrogens (tertiary/aromatic N) is 1. The molecule has 0 amide bonds. The molecule has 2 nitrogen and oxygen atoms in total. The molecule has 0 aromatic heterocycles. The van der Waals surface area contributed by atoms with Crippen molar-refractivity contribution in [3.63, 3.8) is 0 Å². The standard InChI is InChI=1S/C20H28N2/c1-4-5-13-22(15-18-9-7-6-8-10-18)17(3)19-12-11-16(2)20(21)14-19/h6-12,14,17H,4-5,13,15,21H2,1-3H3. The van der Waals surface area contributed by atoms with Crippen LogP contribution in [0.25, 0.3) is 0 Å². The van der Waals surface area contributed by atoms with E-state index in [2.05, 4.69) is 74.2 Å². The Labute approximate surface area is 135 Å². The van der Waals surface area contributed by atoms with Crippen molar-refractivity contribution in [1.29, 1.82) is 0 Å². The second-order valence-corrected chi connectivity index (χ2v) is 6.10. The summed E-state index contributed by atoms with van der Waals surface area (Å²) in [6.45, 7) is 8.68. The predicted molar refractivity (Wildman–Crippen MR) is 95.8 cm³/mol. The summed E-state index contributed by atoms with van der Waals surface area (Å²) in [5.74, 6) is 0. The van der Waals surface area contributed by atoms with Crippen LogP contribution in [0.3, 0.4) is 0 Å². The lowest BCUT2D eigenvalue weighted by Crippen LogP contribution is -2.27. The first kappa shape index (κ1) is 16.6. The highest BCUT2D eigenvalue weighted by Gasteiger charge is 2.16. The van der Waals surface area contributed by atoms with E-state index in [1.807, 2.05) is 0 Å². The number of nitrogen functional groups attached to an aromatic ring is 1. The van der Waals surface area contributed by atoms with E-state index in [1.165, 1.54) is 24.0 Å². The van der Waals surface area contributed by atoms with Gasteiger partial charge in [-0.25, -0.2) is 0 Å². The minimum absolute atomic E-state index is 0.370. The highest BCUT2D eigenvalue weighted by atomic mass is 15.1. The van der Waals surface area contributed by atoms with Crippen LogP contribution in [0.4, 0.5) is 5.69 Å². The van der Waals surface area contributed by atoms with Crippen molar-refractivity contribution in [2.75, 3.05) is 12.3 Å². The fraction of sp³-hybridized carbons (Fsp3) is 0.400. The number of anilines is 1. The van der Waals surface area contributed by atoms with Gasteiger partial charge in [0.1, 0.15) is 0 Å². The van der Waals surface area contributed by atoms with Gasteiger partial charge in [-0.3, -0.25) is 4.90 Å². The number of hydrogen-bond acceptors (Lipinski definition) is 2. The first-order chi connectivity index (χ1) is 10.6. The molecule has 2 aromatic rings. The second-order valence-electron chi connectivity index (χ2n) is 6.10. The summed E-state index contributed by atoms with van der Waals surface area (Å²) in [5.41, 5.74) is 10.8. The SMILES string of the molecule is CCCCN(Cc1ccccc1)C(C)c1ccc(C)c(N)c1. The Hall–Kier alpha value is -1.80. The van der Waals surface area contributed by atoms with Gasteiger partial charge in [0.25, 0.3) is 0 Å². The van der Waals surface area contributed by atoms with E-state index in [0.29, 0.717) is 6.04 Å². The van der Waals surface area contributed by atoms with Crippen molar-refractivity contribution in [2.24, 2.45) is 0 Å². The molecule has 2 N–H and O–H groups in total. The maximum atomic E-state index is 6.09. The average Bonchev–Trinajstić information content (AvgIpc) is 2.54. The predicted octanol–water partition coefficient (Wildman–Crippen LogP) is 4.94. The van der Waals surface area contributed by atoms with Crippen LogP contribution >= 0.6 is 0 Å². The summed E-state index contributed by atoms with van der Waals surface area (Å²) in [6, 6.07) is 17.5. The summed E-state index contributed by atoms with van der Waals surface area (Å²) in [5, 5.41) is 0. The van der Waals surface area contributed by atoms with Gasteiger partial charge in [0.15, 0.2) is 0 Å². The smallest absolute Gasteiger partial charge is 0.0347 e. The molecule has 0 aliphatic carbocycles. The van der Waals surface area contributed by atoms with Crippen LogP contribution in [-0.4, -0.2) is 11.4 Å². The largest absolute Gasteiger partial charge is 0.399 e. The summed E-state index contributed by atoms with van der Waals surface area (Å²) in [7, 11) is 0. The average molecular weight is 296 g/mol. The van der Waals surface area contributed by atoms with Crippen LogP contribution in [0.15, 0.2) is 48.5 Å². The van der Waals surface area contributed by atoms with Crippen LogP contribution in [-0.2, 0) is 6.54 Å². The molecule has 22 heavy (non-hydrogen) atoms. The highest BCUT2D eigenvalue weighted by Crippen LogP contribution is 2.25. The van der Waals surface area contributed by atoms with Gasteiger partial charge in [0.05, 0.1) is 0 Å². The van der Waals surface area contributed by atoms with E-state index in [1.54, 1.807) is 0 Å². The molecule has 0 aliphatic rings. The molecule has 0 saturated heterocycles. The van der Waals surface area contributed by atoms with Crippen molar-refractivity contribution in [1.82, 2.24) is 4.90 Å².